The van der Waals surface area contributed by atoms with Crippen LogP contribution in [-0.2, 0) is 4.74 Å². The number of nitrogens with one attached hydrogen (secondary N) is 1. The van der Waals surface area contributed by atoms with Crippen molar-refractivity contribution in [2.75, 3.05) is 20.3 Å². The van der Waals surface area contributed by atoms with Gasteiger partial charge >= 0.3 is 0 Å². The fourth-order valence-corrected chi connectivity index (χ4v) is 3.02. The Hall–Kier alpha value is -0.720. The number of methoxy groups -OCH3 is 1. The number of nitrogens with zero attached hydrogens (tertiary/aromatic N) is 1. The topological polar surface area (TPSA) is 59.6 Å². The molecule has 0 amide bonds. The van der Waals surface area contributed by atoms with Crippen LogP contribution in [0.4, 0.5) is 0 Å². The largest absolute Gasteiger partial charge is 0.383 e. The Morgan fingerprint density at radius 1 is 1.43 bits per heavy atom. The Morgan fingerprint density at radius 2 is 2.05 bits per heavy atom. The van der Waals surface area contributed by atoms with Gasteiger partial charge in [-0.3, -0.25) is 4.99 Å². The van der Waals surface area contributed by atoms with Crippen LogP contribution >= 0.6 is 27.7 Å². The van der Waals surface area contributed by atoms with E-state index in [0.29, 0.717) is 19.1 Å². The van der Waals surface area contributed by atoms with Crippen LogP contribution < -0.4 is 11.1 Å². The molecule has 0 heterocycles. The third kappa shape index (κ3) is 7.74. The molecule has 21 heavy (non-hydrogen) atoms. The first-order valence-corrected chi connectivity index (χ1v) is 8.43. The number of aliphatic imine (C=N–C) groups is 1. The summed E-state index contributed by atoms with van der Waals surface area (Å²) in [7, 11) is 1.67. The summed E-state index contributed by atoms with van der Waals surface area (Å²) in [6.07, 6.45) is 0. The number of thioether (sulfide) groups is 1. The highest BCUT2D eigenvalue weighted by atomic mass is 79.9. The number of benzene rings is 1. The average molecular weight is 374 g/mol. The van der Waals surface area contributed by atoms with Gasteiger partial charge in [0, 0.05) is 27.3 Å². The van der Waals surface area contributed by atoms with Crippen molar-refractivity contribution in [1.29, 1.82) is 0 Å². The molecule has 118 valence electrons. The quantitative estimate of drug-likeness (QED) is 0.437. The van der Waals surface area contributed by atoms with Gasteiger partial charge in [-0.15, -0.1) is 11.8 Å². The summed E-state index contributed by atoms with van der Waals surface area (Å²) in [6.45, 7) is 7.58. The zero-order valence-electron chi connectivity index (χ0n) is 13.0. The molecule has 0 saturated carbocycles. The number of nitrogens with two attached hydrogens (primary N) is 1. The minimum atomic E-state index is -0.0232. The van der Waals surface area contributed by atoms with E-state index < -0.39 is 0 Å². The van der Waals surface area contributed by atoms with Crippen LogP contribution in [0, 0.1) is 0 Å². The van der Waals surface area contributed by atoms with Crippen molar-refractivity contribution in [3.8, 4) is 0 Å². The van der Waals surface area contributed by atoms with E-state index in [2.05, 4.69) is 52.2 Å². The number of ether oxygens (including phenoxy) is 1. The lowest BCUT2D eigenvalue weighted by atomic mass is 10.2. The molecule has 0 aromatic heterocycles. The molecule has 0 aliphatic rings. The molecule has 1 atom stereocenters. The van der Waals surface area contributed by atoms with E-state index in [4.69, 9.17) is 10.5 Å². The van der Waals surface area contributed by atoms with Crippen LogP contribution in [0.3, 0.4) is 0 Å². The number of guanidine groups is 1. The maximum atomic E-state index is 5.89. The second-order valence-electron chi connectivity index (χ2n) is 5.52. The van der Waals surface area contributed by atoms with E-state index >= 15 is 0 Å². The van der Waals surface area contributed by atoms with E-state index in [9.17, 15) is 0 Å². The summed E-state index contributed by atoms with van der Waals surface area (Å²) in [6, 6.07) is 8.44. The molecule has 0 bridgehead atoms. The first kappa shape index (κ1) is 18.3. The molecule has 0 radical (unpaired) electrons. The smallest absolute Gasteiger partial charge is 0.188 e. The Labute approximate surface area is 140 Å². The van der Waals surface area contributed by atoms with Crippen molar-refractivity contribution in [1.82, 2.24) is 5.32 Å². The summed E-state index contributed by atoms with van der Waals surface area (Å²) in [5, 5.41) is 3.11. The summed E-state index contributed by atoms with van der Waals surface area (Å²) in [5.41, 5.74) is 5.89. The monoisotopic (exact) mass is 373 g/mol. The van der Waals surface area contributed by atoms with Crippen LogP contribution in [0.15, 0.2) is 38.6 Å². The van der Waals surface area contributed by atoms with Crippen LogP contribution in [0.5, 0.6) is 0 Å². The molecule has 4 nitrogen and oxygen atoms in total. The summed E-state index contributed by atoms with van der Waals surface area (Å²) < 4.78 is 6.12. The molecule has 1 unspecified atom stereocenters. The highest BCUT2D eigenvalue weighted by Crippen LogP contribution is 2.33. The van der Waals surface area contributed by atoms with Crippen LogP contribution in [0.1, 0.15) is 20.8 Å². The summed E-state index contributed by atoms with van der Waals surface area (Å²) >= 11 is 5.23. The predicted octanol–water partition coefficient (Wildman–Crippen LogP) is 3.26. The lowest BCUT2D eigenvalue weighted by molar-refractivity contribution is 0.179. The van der Waals surface area contributed by atoms with Gasteiger partial charge in [-0.1, -0.05) is 15.9 Å². The second-order valence-corrected chi connectivity index (χ2v) is 8.21. The van der Waals surface area contributed by atoms with Crippen molar-refractivity contribution >= 4 is 33.7 Å². The van der Waals surface area contributed by atoms with Crippen LogP contribution in [0.25, 0.3) is 0 Å². The van der Waals surface area contributed by atoms with Gasteiger partial charge in [0.15, 0.2) is 5.96 Å². The number of rotatable bonds is 7. The Bertz CT molecular complexity index is 462. The highest BCUT2D eigenvalue weighted by molar-refractivity contribution is 9.10. The fraction of sp³-hybridized carbons (Fsp3) is 0.533. The Kier molecular flexibility index (Phi) is 7.56. The molecule has 0 aliphatic carbocycles. The minimum Gasteiger partial charge on any atom is -0.383 e. The zero-order chi connectivity index (χ0) is 15.9. The number of halogens is 1. The molecule has 1 aromatic carbocycles. The Balaban J connectivity index is 2.53. The normalized spacial score (nSPS) is 14.0. The molecule has 0 aliphatic heterocycles. The van der Waals surface area contributed by atoms with Crippen molar-refractivity contribution in [2.45, 2.75) is 36.5 Å². The zero-order valence-corrected chi connectivity index (χ0v) is 15.4. The van der Waals surface area contributed by atoms with E-state index in [1.807, 2.05) is 19.1 Å². The molecule has 0 spiro atoms. The van der Waals surface area contributed by atoms with Gasteiger partial charge in [0.05, 0.1) is 13.2 Å². The van der Waals surface area contributed by atoms with E-state index in [0.717, 1.165) is 4.47 Å². The molecule has 0 saturated heterocycles. The maximum Gasteiger partial charge on any atom is 0.188 e. The average Bonchev–Trinajstić information content (AvgIpc) is 2.39. The Morgan fingerprint density at radius 3 is 2.62 bits per heavy atom. The SMILES string of the molecule is COCC(C)NC(N)=NCC(C)(C)Sc1ccc(Br)cc1. The van der Waals surface area contributed by atoms with E-state index in [-0.39, 0.29) is 10.8 Å². The predicted molar refractivity (Wildman–Crippen MR) is 95.0 cm³/mol. The molecule has 6 heteroatoms. The highest BCUT2D eigenvalue weighted by Gasteiger charge is 2.19. The van der Waals surface area contributed by atoms with Crippen molar-refractivity contribution < 1.29 is 4.74 Å². The van der Waals surface area contributed by atoms with Gasteiger partial charge in [-0.2, -0.15) is 0 Å². The van der Waals surface area contributed by atoms with E-state index in [1.54, 1.807) is 18.9 Å². The van der Waals surface area contributed by atoms with E-state index in [1.165, 1.54) is 4.90 Å². The maximum absolute atomic E-state index is 5.89. The van der Waals surface area contributed by atoms with Crippen LogP contribution in [0.2, 0.25) is 0 Å². The first-order chi connectivity index (χ1) is 9.82. The van der Waals surface area contributed by atoms with Crippen molar-refractivity contribution in [3.05, 3.63) is 28.7 Å². The van der Waals surface area contributed by atoms with Gasteiger partial charge in [0.25, 0.3) is 0 Å². The summed E-state index contributed by atoms with van der Waals surface area (Å²) in [5.74, 6) is 0.462. The van der Waals surface area contributed by atoms with Gasteiger partial charge < -0.3 is 15.8 Å². The van der Waals surface area contributed by atoms with Crippen molar-refractivity contribution in [3.63, 3.8) is 0 Å². The fourth-order valence-electron chi connectivity index (χ4n) is 1.72. The molecular weight excluding hydrogens is 350 g/mol. The molecule has 1 aromatic rings. The lowest BCUT2D eigenvalue weighted by Crippen LogP contribution is -2.41. The third-order valence-corrected chi connectivity index (χ3v) is 4.37. The molecule has 3 N–H and O–H groups in total. The summed E-state index contributed by atoms with van der Waals surface area (Å²) in [4.78, 5) is 5.65. The third-order valence-electron chi connectivity index (χ3n) is 2.65. The first-order valence-electron chi connectivity index (χ1n) is 6.82. The second kappa shape index (κ2) is 8.66. The standard InChI is InChI=1S/C15H24BrN3OS/c1-11(9-20-4)19-14(17)18-10-15(2,3)21-13-7-5-12(16)6-8-13/h5-8,11H,9-10H2,1-4H3,(H3,17,18,19). The molecular formula is C15H24BrN3OS. The van der Waals surface area contributed by atoms with Gasteiger partial charge in [-0.25, -0.2) is 0 Å². The van der Waals surface area contributed by atoms with Gasteiger partial charge in [0.2, 0.25) is 0 Å². The van der Waals surface area contributed by atoms with Crippen LogP contribution in [-0.4, -0.2) is 37.0 Å². The number of hydrogen-bond donors (Lipinski definition) is 2. The minimum absolute atomic E-state index is 0.0232. The van der Waals surface area contributed by atoms with Crippen molar-refractivity contribution in [2.24, 2.45) is 10.7 Å². The lowest BCUT2D eigenvalue weighted by Gasteiger charge is -2.22. The molecule has 1 rings (SSSR count). The number of hydrogen-bond acceptors (Lipinski definition) is 3. The van der Waals surface area contributed by atoms with Gasteiger partial charge in [0.1, 0.15) is 0 Å². The van der Waals surface area contributed by atoms with Gasteiger partial charge in [-0.05, 0) is 45.0 Å². The molecule has 0 fully saturated rings.